The van der Waals surface area contributed by atoms with E-state index in [1.807, 2.05) is 30.3 Å². The van der Waals surface area contributed by atoms with Crippen LogP contribution in [-0.2, 0) is 9.59 Å². The highest BCUT2D eigenvalue weighted by Crippen LogP contribution is 2.35. The van der Waals surface area contributed by atoms with Gasteiger partial charge in [-0.2, -0.15) is 0 Å². The molecule has 0 saturated carbocycles. The molecule has 1 fully saturated rings. The number of anilines is 1. The first-order chi connectivity index (χ1) is 16.4. The molecule has 34 heavy (non-hydrogen) atoms. The van der Waals surface area contributed by atoms with Gasteiger partial charge >= 0.3 is 0 Å². The third-order valence-corrected chi connectivity index (χ3v) is 5.95. The van der Waals surface area contributed by atoms with Crippen LogP contribution in [-0.4, -0.2) is 31.1 Å². The molecule has 4 rings (SSSR count). The quantitative estimate of drug-likeness (QED) is 0.267. The second-order valence-corrected chi connectivity index (χ2v) is 8.34. The van der Waals surface area contributed by atoms with Crippen LogP contribution >= 0.6 is 28.1 Å². The summed E-state index contributed by atoms with van der Waals surface area (Å²) in [5.74, 6) is 1.13. The van der Waals surface area contributed by atoms with Crippen molar-refractivity contribution in [3.63, 3.8) is 0 Å². The number of nitrogens with one attached hydrogen (secondary N) is 1. The molecular weight excluding hydrogens is 520 g/mol. The van der Waals surface area contributed by atoms with Crippen LogP contribution < -0.4 is 24.4 Å². The van der Waals surface area contributed by atoms with Gasteiger partial charge in [-0.05, 0) is 72.4 Å². The SMILES string of the molecule is COc1cc(Br)c(/C=C2\C(=O)NC(=S)N(c3ccc(Oc4ccccc4)cc3)C2=O)cc1OC. The maximum atomic E-state index is 13.3. The molecule has 3 aromatic carbocycles. The van der Waals surface area contributed by atoms with Gasteiger partial charge < -0.3 is 14.2 Å². The van der Waals surface area contributed by atoms with Gasteiger partial charge in [0.15, 0.2) is 16.6 Å². The van der Waals surface area contributed by atoms with Crippen LogP contribution in [0, 0.1) is 0 Å². The molecule has 0 aliphatic carbocycles. The van der Waals surface area contributed by atoms with Crippen molar-refractivity contribution in [1.29, 1.82) is 0 Å². The van der Waals surface area contributed by atoms with Crippen LogP contribution in [0.3, 0.4) is 0 Å². The summed E-state index contributed by atoms with van der Waals surface area (Å²) in [7, 11) is 3.03. The number of halogens is 1. The number of carbonyl (C=O) groups excluding carboxylic acids is 2. The smallest absolute Gasteiger partial charge is 0.270 e. The van der Waals surface area contributed by atoms with E-state index in [0.29, 0.717) is 38.7 Å². The summed E-state index contributed by atoms with van der Waals surface area (Å²) >= 11 is 8.73. The average Bonchev–Trinajstić information content (AvgIpc) is 2.84. The van der Waals surface area contributed by atoms with Crippen LogP contribution in [0.4, 0.5) is 5.69 Å². The summed E-state index contributed by atoms with van der Waals surface area (Å²) in [6.45, 7) is 0. The fourth-order valence-electron chi connectivity index (χ4n) is 3.32. The fourth-order valence-corrected chi connectivity index (χ4v) is 4.03. The number of hydrogen-bond acceptors (Lipinski definition) is 6. The van der Waals surface area contributed by atoms with Gasteiger partial charge in [-0.3, -0.25) is 19.8 Å². The van der Waals surface area contributed by atoms with Crippen molar-refractivity contribution in [3.05, 3.63) is 82.3 Å². The first kappa shape index (κ1) is 23.5. The molecule has 9 heteroatoms. The largest absolute Gasteiger partial charge is 0.493 e. The van der Waals surface area contributed by atoms with Gasteiger partial charge in [-0.1, -0.05) is 34.1 Å². The van der Waals surface area contributed by atoms with Gasteiger partial charge in [0.25, 0.3) is 11.8 Å². The average molecular weight is 539 g/mol. The molecule has 0 atom stereocenters. The molecule has 172 valence electrons. The number of amides is 2. The summed E-state index contributed by atoms with van der Waals surface area (Å²) in [5, 5.41) is 2.58. The molecule has 1 N–H and O–H groups in total. The van der Waals surface area contributed by atoms with Crippen molar-refractivity contribution in [3.8, 4) is 23.0 Å². The zero-order valence-corrected chi connectivity index (χ0v) is 20.6. The lowest BCUT2D eigenvalue weighted by atomic mass is 10.1. The maximum Gasteiger partial charge on any atom is 0.270 e. The van der Waals surface area contributed by atoms with Crippen LogP contribution in [0.5, 0.6) is 23.0 Å². The van der Waals surface area contributed by atoms with E-state index in [9.17, 15) is 9.59 Å². The number of para-hydroxylation sites is 1. The Labute approximate surface area is 210 Å². The maximum absolute atomic E-state index is 13.3. The van der Waals surface area contributed by atoms with E-state index < -0.39 is 11.8 Å². The molecular formula is C25H19BrN2O5S. The molecule has 2 amide bonds. The first-order valence-corrected chi connectivity index (χ1v) is 11.3. The van der Waals surface area contributed by atoms with E-state index in [1.165, 1.54) is 25.2 Å². The monoisotopic (exact) mass is 538 g/mol. The van der Waals surface area contributed by atoms with Crippen LogP contribution in [0.2, 0.25) is 0 Å². The summed E-state index contributed by atoms with van der Waals surface area (Å²) in [6.07, 6.45) is 1.48. The zero-order chi connectivity index (χ0) is 24.2. The normalized spacial score (nSPS) is 14.7. The minimum atomic E-state index is -0.586. The predicted molar refractivity (Wildman–Crippen MR) is 136 cm³/mol. The molecule has 1 aliphatic rings. The van der Waals surface area contributed by atoms with Gasteiger partial charge in [-0.15, -0.1) is 0 Å². The predicted octanol–water partition coefficient (Wildman–Crippen LogP) is 5.09. The lowest BCUT2D eigenvalue weighted by Gasteiger charge is -2.29. The molecule has 0 radical (unpaired) electrons. The number of methoxy groups -OCH3 is 2. The molecule has 1 aliphatic heterocycles. The van der Waals surface area contributed by atoms with Crippen molar-refractivity contribution in [2.24, 2.45) is 0 Å². The van der Waals surface area contributed by atoms with Crippen molar-refractivity contribution in [2.45, 2.75) is 0 Å². The van der Waals surface area contributed by atoms with Gasteiger partial charge in [-0.25, -0.2) is 0 Å². The van der Waals surface area contributed by atoms with E-state index in [2.05, 4.69) is 21.2 Å². The van der Waals surface area contributed by atoms with Crippen molar-refractivity contribution in [2.75, 3.05) is 19.1 Å². The zero-order valence-electron chi connectivity index (χ0n) is 18.2. The van der Waals surface area contributed by atoms with Crippen LogP contribution in [0.1, 0.15) is 5.56 Å². The number of thiocarbonyl (C=S) groups is 1. The Bertz CT molecular complexity index is 1290. The van der Waals surface area contributed by atoms with Gasteiger partial charge in [0.1, 0.15) is 17.1 Å². The second kappa shape index (κ2) is 10.1. The van der Waals surface area contributed by atoms with Gasteiger partial charge in [0.05, 0.1) is 19.9 Å². The lowest BCUT2D eigenvalue weighted by Crippen LogP contribution is -2.54. The Morgan fingerprint density at radius 2 is 1.53 bits per heavy atom. The van der Waals surface area contributed by atoms with E-state index >= 15 is 0 Å². The van der Waals surface area contributed by atoms with E-state index in [-0.39, 0.29) is 10.7 Å². The highest BCUT2D eigenvalue weighted by Gasteiger charge is 2.34. The van der Waals surface area contributed by atoms with E-state index in [1.54, 1.807) is 36.4 Å². The summed E-state index contributed by atoms with van der Waals surface area (Å²) in [6, 6.07) is 19.6. The second-order valence-electron chi connectivity index (χ2n) is 7.10. The Balaban J connectivity index is 1.64. The molecule has 0 unspecified atom stereocenters. The van der Waals surface area contributed by atoms with E-state index in [4.69, 9.17) is 26.4 Å². The van der Waals surface area contributed by atoms with Gasteiger partial charge in [0, 0.05) is 4.47 Å². The third kappa shape index (κ3) is 4.80. The molecule has 1 heterocycles. The van der Waals surface area contributed by atoms with Crippen LogP contribution in [0.25, 0.3) is 6.08 Å². The number of hydrogen-bond donors (Lipinski definition) is 1. The van der Waals surface area contributed by atoms with E-state index in [0.717, 1.165) is 0 Å². The minimum Gasteiger partial charge on any atom is -0.493 e. The van der Waals surface area contributed by atoms with Crippen molar-refractivity contribution < 1.29 is 23.8 Å². The number of rotatable bonds is 6. The summed E-state index contributed by atoms with van der Waals surface area (Å²) in [5.41, 5.74) is 0.981. The van der Waals surface area contributed by atoms with Crippen molar-refractivity contribution >= 4 is 56.8 Å². The van der Waals surface area contributed by atoms with Gasteiger partial charge in [0.2, 0.25) is 0 Å². The molecule has 0 spiro atoms. The Kier molecular flexibility index (Phi) is 6.95. The standard InChI is InChI=1S/C25H19BrN2O5S/c1-31-21-13-15(20(26)14-22(21)32-2)12-19-23(29)27-25(34)28(24(19)30)16-8-10-18(11-9-16)33-17-6-4-3-5-7-17/h3-14H,1-2H3,(H,27,29,34)/b19-12+. The number of carbonyl (C=O) groups is 2. The minimum absolute atomic E-state index is 0.00439. The first-order valence-electron chi connectivity index (χ1n) is 10.1. The molecule has 1 saturated heterocycles. The topological polar surface area (TPSA) is 77.1 Å². The molecule has 0 bridgehead atoms. The summed E-state index contributed by atoms with van der Waals surface area (Å²) < 4.78 is 17.0. The van der Waals surface area contributed by atoms with Crippen molar-refractivity contribution in [1.82, 2.24) is 5.32 Å². The Hall–Kier alpha value is -3.69. The molecule has 0 aromatic heterocycles. The molecule has 7 nitrogen and oxygen atoms in total. The highest BCUT2D eigenvalue weighted by atomic mass is 79.9. The number of benzene rings is 3. The number of ether oxygens (including phenoxy) is 3. The van der Waals surface area contributed by atoms with Crippen LogP contribution in [0.15, 0.2) is 76.8 Å². The highest BCUT2D eigenvalue weighted by molar-refractivity contribution is 9.10. The third-order valence-electron chi connectivity index (χ3n) is 4.98. The lowest BCUT2D eigenvalue weighted by molar-refractivity contribution is -0.122. The fraction of sp³-hybridized carbons (Fsp3) is 0.0800. The Morgan fingerprint density at radius 3 is 2.18 bits per heavy atom. The molecule has 3 aromatic rings. The summed E-state index contributed by atoms with van der Waals surface area (Å²) in [4.78, 5) is 27.2. The Morgan fingerprint density at radius 1 is 0.912 bits per heavy atom. The number of nitrogens with zero attached hydrogens (tertiary/aromatic N) is 1.